The van der Waals surface area contributed by atoms with Gasteiger partial charge < -0.3 is 15.0 Å². The van der Waals surface area contributed by atoms with Gasteiger partial charge in [0.05, 0.1) is 0 Å². The summed E-state index contributed by atoms with van der Waals surface area (Å²) >= 11 is 0. The van der Waals surface area contributed by atoms with Crippen molar-refractivity contribution in [1.29, 1.82) is 0 Å². The van der Waals surface area contributed by atoms with Crippen LogP contribution in [-0.2, 0) is 4.74 Å². The highest BCUT2D eigenvalue weighted by atomic mass is 127. The molecule has 112 valence electrons. The number of nitrogens with zero attached hydrogens (tertiary/aromatic N) is 2. The van der Waals surface area contributed by atoms with Crippen LogP contribution in [-0.4, -0.2) is 50.8 Å². The molecule has 19 heavy (non-hydrogen) atoms. The molecule has 1 heterocycles. The van der Waals surface area contributed by atoms with Gasteiger partial charge in [-0.3, -0.25) is 4.99 Å². The highest BCUT2D eigenvalue weighted by molar-refractivity contribution is 14.0. The molecule has 1 aliphatic heterocycles. The van der Waals surface area contributed by atoms with E-state index in [1.807, 2.05) is 7.05 Å². The van der Waals surface area contributed by atoms with Crippen LogP contribution in [0.5, 0.6) is 0 Å². The second kappa shape index (κ2) is 9.00. The number of nitrogens with one attached hydrogen (secondary N) is 1. The van der Waals surface area contributed by atoms with E-state index in [0.29, 0.717) is 6.04 Å². The van der Waals surface area contributed by atoms with Crippen LogP contribution in [0.4, 0.5) is 0 Å². The fourth-order valence-corrected chi connectivity index (χ4v) is 2.60. The summed E-state index contributed by atoms with van der Waals surface area (Å²) in [5.41, 5.74) is 0. The van der Waals surface area contributed by atoms with Crippen LogP contribution < -0.4 is 5.32 Å². The molecule has 2 rings (SSSR count). The van der Waals surface area contributed by atoms with Gasteiger partial charge in [0.2, 0.25) is 0 Å². The summed E-state index contributed by atoms with van der Waals surface area (Å²) < 4.78 is 5.40. The average molecular weight is 381 g/mol. The van der Waals surface area contributed by atoms with Gasteiger partial charge in [-0.15, -0.1) is 24.0 Å². The van der Waals surface area contributed by atoms with Crippen LogP contribution in [0.1, 0.15) is 38.5 Å². The fraction of sp³-hybridized carbons (Fsp3) is 0.929. The maximum atomic E-state index is 5.40. The first kappa shape index (κ1) is 17.0. The molecular weight excluding hydrogens is 353 g/mol. The summed E-state index contributed by atoms with van der Waals surface area (Å²) in [6, 6.07) is 0.661. The Labute approximate surface area is 134 Å². The monoisotopic (exact) mass is 381 g/mol. The van der Waals surface area contributed by atoms with Gasteiger partial charge >= 0.3 is 0 Å². The van der Waals surface area contributed by atoms with Gasteiger partial charge in [-0.05, 0) is 44.4 Å². The largest absolute Gasteiger partial charge is 0.381 e. The van der Waals surface area contributed by atoms with Crippen molar-refractivity contribution in [2.45, 2.75) is 44.6 Å². The lowest BCUT2D eigenvalue weighted by atomic mass is 9.93. The number of rotatable bonds is 4. The molecule has 2 fully saturated rings. The zero-order valence-electron chi connectivity index (χ0n) is 12.2. The molecule has 0 aromatic rings. The highest BCUT2D eigenvalue weighted by Gasteiger charge is 2.20. The number of hydrogen-bond acceptors (Lipinski definition) is 2. The topological polar surface area (TPSA) is 36.9 Å². The Kier molecular flexibility index (Phi) is 8.06. The van der Waals surface area contributed by atoms with Crippen molar-refractivity contribution in [3.63, 3.8) is 0 Å². The van der Waals surface area contributed by atoms with Crippen LogP contribution in [0.2, 0.25) is 0 Å². The van der Waals surface area contributed by atoms with Crippen molar-refractivity contribution < 1.29 is 4.74 Å². The van der Waals surface area contributed by atoms with E-state index in [4.69, 9.17) is 4.74 Å². The third-order valence-electron chi connectivity index (χ3n) is 4.23. The highest BCUT2D eigenvalue weighted by Crippen LogP contribution is 2.20. The first-order chi connectivity index (χ1) is 8.79. The second-order valence-electron chi connectivity index (χ2n) is 5.59. The zero-order chi connectivity index (χ0) is 12.8. The molecule has 0 unspecified atom stereocenters. The molecule has 1 N–H and O–H groups in total. The summed E-state index contributed by atoms with van der Waals surface area (Å²) in [6.07, 6.45) is 7.66. The van der Waals surface area contributed by atoms with E-state index >= 15 is 0 Å². The lowest BCUT2D eigenvalue weighted by Crippen LogP contribution is -2.47. The minimum Gasteiger partial charge on any atom is -0.381 e. The molecular formula is C14H28IN3O. The van der Waals surface area contributed by atoms with E-state index < -0.39 is 0 Å². The Hall–Kier alpha value is -0.0400. The molecule has 1 aliphatic carbocycles. The van der Waals surface area contributed by atoms with Crippen molar-refractivity contribution in [3.8, 4) is 0 Å². The van der Waals surface area contributed by atoms with Crippen LogP contribution in [0.25, 0.3) is 0 Å². The van der Waals surface area contributed by atoms with Gasteiger partial charge in [0, 0.05) is 39.9 Å². The quantitative estimate of drug-likeness (QED) is 0.462. The molecule has 0 aromatic heterocycles. The van der Waals surface area contributed by atoms with Gasteiger partial charge in [0.1, 0.15) is 0 Å². The second-order valence-corrected chi connectivity index (χ2v) is 5.59. The number of aliphatic imine (C=N–C) groups is 1. The molecule has 0 amide bonds. The molecule has 1 saturated carbocycles. The van der Waals surface area contributed by atoms with E-state index in [1.165, 1.54) is 38.5 Å². The number of ether oxygens (including phenoxy) is 1. The molecule has 0 atom stereocenters. The molecule has 2 aliphatic rings. The Morgan fingerprint density at radius 3 is 2.47 bits per heavy atom. The average Bonchev–Trinajstić information content (AvgIpc) is 2.36. The third kappa shape index (κ3) is 5.45. The number of hydrogen-bond donors (Lipinski definition) is 1. The van der Waals surface area contributed by atoms with Gasteiger partial charge in [0.15, 0.2) is 5.96 Å². The standard InChI is InChI=1S/C14H27N3O.HI/c1-15-14(16-13-4-3-5-13)17(2)9-6-12-7-10-18-11-8-12;/h12-13H,3-11H2,1-2H3,(H,15,16);1H. The maximum Gasteiger partial charge on any atom is 0.193 e. The fourth-order valence-electron chi connectivity index (χ4n) is 2.60. The Morgan fingerprint density at radius 2 is 1.95 bits per heavy atom. The summed E-state index contributed by atoms with van der Waals surface area (Å²) in [7, 11) is 4.03. The van der Waals surface area contributed by atoms with Crippen molar-refractivity contribution in [2.75, 3.05) is 33.9 Å². The first-order valence-corrected chi connectivity index (χ1v) is 7.32. The van der Waals surface area contributed by atoms with Crippen molar-refractivity contribution in [1.82, 2.24) is 10.2 Å². The predicted molar refractivity (Wildman–Crippen MR) is 90.3 cm³/mol. The zero-order valence-corrected chi connectivity index (χ0v) is 14.6. The Balaban J connectivity index is 0.00000180. The Bertz CT molecular complexity index is 276. The van der Waals surface area contributed by atoms with Crippen LogP contribution >= 0.6 is 24.0 Å². The summed E-state index contributed by atoms with van der Waals surface area (Å²) in [4.78, 5) is 6.65. The Morgan fingerprint density at radius 1 is 1.26 bits per heavy atom. The molecule has 5 heteroatoms. The van der Waals surface area contributed by atoms with Gasteiger partial charge in [-0.1, -0.05) is 0 Å². The number of halogens is 1. The van der Waals surface area contributed by atoms with E-state index in [-0.39, 0.29) is 24.0 Å². The third-order valence-corrected chi connectivity index (χ3v) is 4.23. The number of guanidine groups is 1. The predicted octanol–water partition coefficient (Wildman–Crippen LogP) is 2.48. The summed E-state index contributed by atoms with van der Waals surface area (Å²) in [6.45, 7) is 2.99. The molecule has 4 nitrogen and oxygen atoms in total. The summed E-state index contributed by atoms with van der Waals surface area (Å²) in [5.74, 6) is 1.90. The summed E-state index contributed by atoms with van der Waals surface area (Å²) in [5, 5.41) is 3.54. The minimum atomic E-state index is 0. The van der Waals surface area contributed by atoms with Crippen LogP contribution in [0.15, 0.2) is 4.99 Å². The lowest BCUT2D eigenvalue weighted by Gasteiger charge is -2.32. The van der Waals surface area contributed by atoms with Crippen molar-refractivity contribution in [2.24, 2.45) is 10.9 Å². The van der Waals surface area contributed by atoms with Gasteiger partial charge in [0.25, 0.3) is 0 Å². The lowest BCUT2D eigenvalue weighted by molar-refractivity contribution is 0.0625. The first-order valence-electron chi connectivity index (χ1n) is 7.32. The van der Waals surface area contributed by atoms with Crippen molar-refractivity contribution in [3.05, 3.63) is 0 Å². The van der Waals surface area contributed by atoms with Crippen molar-refractivity contribution >= 4 is 29.9 Å². The molecule has 1 saturated heterocycles. The SMILES string of the molecule is CN=C(NC1CCC1)N(C)CCC1CCOCC1.I. The molecule has 0 bridgehead atoms. The maximum absolute atomic E-state index is 5.40. The molecule has 0 radical (unpaired) electrons. The van der Waals surface area contributed by atoms with Crippen LogP contribution in [0.3, 0.4) is 0 Å². The molecule has 0 aromatic carbocycles. The van der Waals surface area contributed by atoms with E-state index in [2.05, 4.69) is 22.3 Å². The molecule has 0 spiro atoms. The van der Waals surface area contributed by atoms with Gasteiger partial charge in [-0.2, -0.15) is 0 Å². The van der Waals surface area contributed by atoms with Gasteiger partial charge in [-0.25, -0.2) is 0 Å². The van der Waals surface area contributed by atoms with E-state index in [1.54, 1.807) is 0 Å². The van der Waals surface area contributed by atoms with E-state index in [9.17, 15) is 0 Å². The minimum absolute atomic E-state index is 0. The smallest absolute Gasteiger partial charge is 0.193 e. The van der Waals surface area contributed by atoms with E-state index in [0.717, 1.165) is 31.6 Å². The van der Waals surface area contributed by atoms with Crippen LogP contribution in [0, 0.1) is 5.92 Å². The normalized spacial score (nSPS) is 21.5.